The van der Waals surface area contributed by atoms with E-state index in [-0.39, 0.29) is 18.3 Å². The lowest BCUT2D eigenvalue weighted by molar-refractivity contribution is -0.139. The highest BCUT2D eigenvalue weighted by Crippen LogP contribution is 2.34. The van der Waals surface area contributed by atoms with Crippen LogP contribution >= 0.6 is 0 Å². The summed E-state index contributed by atoms with van der Waals surface area (Å²) in [7, 11) is 3.25. The Bertz CT molecular complexity index is 1280. The summed E-state index contributed by atoms with van der Waals surface area (Å²) in [5, 5.41) is 21.5. The Kier molecular flexibility index (Phi) is 8.99. The first-order valence-corrected chi connectivity index (χ1v) is 12.6. The van der Waals surface area contributed by atoms with Gasteiger partial charge in [-0.1, -0.05) is 24.0 Å². The van der Waals surface area contributed by atoms with Crippen LogP contribution < -0.4 is 9.47 Å². The van der Waals surface area contributed by atoms with E-state index in [4.69, 9.17) is 9.47 Å². The van der Waals surface area contributed by atoms with E-state index in [1.54, 1.807) is 20.4 Å². The van der Waals surface area contributed by atoms with Gasteiger partial charge in [-0.05, 0) is 79.6 Å². The molecule has 194 valence electrons. The number of hydrogen-bond donors (Lipinski definition) is 2. The molecule has 2 N–H and O–H groups in total. The van der Waals surface area contributed by atoms with Crippen molar-refractivity contribution in [2.75, 3.05) is 33.9 Å². The van der Waals surface area contributed by atoms with Gasteiger partial charge >= 0.3 is 5.97 Å². The molecule has 1 fully saturated rings. The van der Waals surface area contributed by atoms with Crippen LogP contribution in [-0.2, 0) is 4.79 Å². The minimum Gasteiger partial charge on any atom is -0.497 e. The fourth-order valence-corrected chi connectivity index (χ4v) is 5.22. The van der Waals surface area contributed by atoms with Gasteiger partial charge < -0.3 is 19.7 Å². The van der Waals surface area contributed by atoms with E-state index >= 15 is 0 Å². The number of methoxy groups -OCH3 is 2. The first-order chi connectivity index (χ1) is 18.0. The van der Waals surface area contributed by atoms with Crippen LogP contribution in [0.4, 0.5) is 0 Å². The van der Waals surface area contributed by atoms with Gasteiger partial charge in [0.05, 0.1) is 37.9 Å². The predicted molar refractivity (Wildman–Crippen MR) is 143 cm³/mol. The number of carboxylic acids is 1. The second-order valence-corrected chi connectivity index (χ2v) is 9.52. The Hall–Kier alpha value is -3.60. The molecule has 0 amide bonds. The molecule has 0 bridgehead atoms. The maximum atomic E-state index is 11.6. The van der Waals surface area contributed by atoms with Crippen molar-refractivity contribution < 1.29 is 24.5 Å². The number of pyridine rings is 1. The maximum absolute atomic E-state index is 11.6. The van der Waals surface area contributed by atoms with E-state index in [2.05, 4.69) is 21.7 Å². The Morgan fingerprint density at radius 2 is 2.00 bits per heavy atom. The second kappa shape index (κ2) is 12.6. The molecule has 7 heteroatoms. The number of aliphatic carboxylic acids is 1. The zero-order chi connectivity index (χ0) is 26.2. The molecule has 0 aliphatic carbocycles. The van der Waals surface area contributed by atoms with Crippen molar-refractivity contribution in [3.05, 3.63) is 65.9 Å². The molecule has 1 aliphatic rings. The number of para-hydroxylation sites is 1. The van der Waals surface area contributed by atoms with E-state index in [0.29, 0.717) is 19.5 Å². The summed E-state index contributed by atoms with van der Waals surface area (Å²) >= 11 is 0. The van der Waals surface area contributed by atoms with Crippen molar-refractivity contribution in [2.45, 2.75) is 31.8 Å². The summed E-state index contributed by atoms with van der Waals surface area (Å²) in [4.78, 5) is 18.3. The molecule has 37 heavy (non-hydrogen) atoms. The number of rotatable bonds is 9. The van der Waals surface area contributed by atoms with Crippen LogP contribution in [0.25, 0.3) is 10.9 Å². The molecule has 7 nitrogen and oxygen atoms in total. The zero-order valence-electron chi connectivity index (χ0n) is 21.4. The zero-order valence-corrected chi connectivity index (χ0v) is 21.4. The summed E-state index contributed by atoms with van der Waals surface area (Å²) in [5.74, 6) is 7.33. The molecule has 2 heterocycles. The largest absolute Gasteiger partial charge is 0.497 e. The Balaban J connectivity index is 1.39. The fraction of sp³-hybridized carbons (Fsp3) is 0.400. The Morgan fingerprint density at radius 1 is 1.16 bits per heavy atom. The second-order valence-electron chi connectivity index (χ2n) is 9.52. The number of aliphatic hydroxyl groups excluding tert-OH is 1. The quantitative estimate of drug-likeness (QED) is 0.415. The molecule has 0 radical (unpaired) electrons. The summed E-state index contributed by atoms with van der Waals surface area (Å²) in [6, 6.07) is 15.2. The average Bonchev–Trinajstić information content (AvgIpc) is 2.91. The number of benzene rings is 2. The molecule has 3 atom stereocenters. The minimum absolute atomic E-state index is 0.0146. The molecule has 1 aromatic heterocycles. The van der Waals surface area contributed by atoms with Crippen molar-refractivity contribution in [3.8, 4) is 23.3 Å². The standard InChI is InChI=1S/C30H34N2O5/c1-36-24-10-11-27-26(19-24)25(13-15-31-27)28(33)12-9-21-14-17-32(20-23(21)18-30(34)35)16-5-7-22-6-3-4-8-29(22)37-2/h3-4,6,8,10-11,13,15,19,21,23,28,33H,9,12,14,16-18,20H2,1-2H3,(H,34,35)/t21-,23+,28-/m1/s1. The molecule has 1 aliphatic heterocycles. The summed E-state index contributed by atoms with van der Waals surface area (Å²) in [6.45, 7) is 2.12. The molecule has 0 unspecified atom stereocenters. The molecule has 3 aromatic rings. The van der Waals surface area contributed by atoms with E-state index in [9.17, 15) is 15.0 Å². The van der Waals surface area contributed by atoms with Gasteiger partial charge in [0, 0.05) is 24.5 Å². The Morgan fingerprint density at radius 3 is 2.78 bits per heavy atom. The molecule has 0 spiro atoms. The van der Waals surface area contributed by atoms with Crippen molar-refractivity contribution in [2.24, 2.45) is 11.8 Å². The van der Waals surface area contributed by atoms with Gasteiger partial charge in [-0.15, -0.1) is 0 Å². The number of fused-ring (bicyclic) bond motifs is 1. The lowest BCUT2D eigenvalue weighted by Gasteiger charge is -2.37. The number of aromatic nitrogens is 1. The summed E-state index contributed by atoms with van der Waals surface area (Å²) < 4.78 is 10.7. The number of nitrogens with zero attached hydrogens (tertiary/aromatic N) is 2. The smallest absolute Gasteiger partial charge is 0.303 e. The molecule has 2 aromatic carbocycles. The molecule has 1 saturated heterocycles. The highest BCUT2D eigenvalue weighted by molar-refractivity contribution is 5.83. The van der Waals surface area contributed by atoms with E-state index < -0.39 is 12.1 Å². The average molecular weight is 503 g/mol. The maximum Gasteiger partial charge on any atom is 0.303 e. The lowest BCUT2D eigenvalue weighted by atomic mass is 9.79. The normalized spacial score (nSPS) is 18.6. The van der Waals surface area contributed by atoms with E-state index in [1.165, 1.54) is 0 Å². The fourth-order valence-electron chi connectivity index (χ4n) is 5.22. The van der Waals surface area contributed by atoms with Gasteiger partial charge in [0.25, 0.3) is 0 Å². The number of piperidine rings is 1. The third-order valence-corrected chi connectivity index (χ3v) is 7.20. The van der Waals surface area contributed by atoms with Crippen LogP contribution in [0.15, 0.2) is 54.7 Å². The SMILES string of the molecule is COc1ccc2nccc([C@H](O)CC[C@@H]3CCN(CC#Cc4ccccc4OC)C[C@@H]3CC(=O)O)c2c1. The van der Waals surface area contributed by atoms with Crippen LogP contribution in [0.3, 0.4) is 0 Å². The topological polar surface area (TPSA) is 92.1 Å². The third-order valence-electron chi connectivity index (χ3n) is 7.20. The molecule has 4 rings (SSSR count). The van der Waals surface area contributed by atoms with Gasteiger partial charge in [-0.3, -0.25) is 14.7 Å². The number of carbonyl (C=O) groups is 1. The first-order valence-electron chi connectivity index (χ1n) is 12.6. The summed E-state index contributed by atoms with van der Waals surface area (Å²) in [6.07, 6.45) is 3.37. The monoisotopic (exact) mass is 502 g/mol. The minimum atomic E-state index is -0.787. The van der Waals surface area contributed by atoms with E-state index in [1.807, 2.05) is 48.5 Å². The molecule has 0 saturated carbocycles. The number of aliphatic hydroxyl groups is 1. The lowest BCUT2D eigenvalue weighted by Crippen LogP contribution is -2.41. The highest BCUT2D eigenvalue weighted by atomic mass is 16.5. The third kappa shape index (κ3) is 6.79. The van der Waals surface area contributed by atoms with Crippen LogP contribution in [0.5, 0.6) is 11.5 Å². The van der Waals surface area contributed by atoms with Gasteiger partial charge in [-0.2, -0.15) is 0 Å². The number of hydrogen-bond acceptors (Lipinski definition) is 6. The molecular weight excluding hydrogens is 468 g/mol. The van der Waals surface area contributed by atoms with Gasteiger partial charge in [0.15, 0.2) is 0 Å². The van der Waals surface area contributed by atoms with Gasteiger partial charge in [0.2, 0.25) is 0 Å². The van der Waals surface area contributed by atoms with Crippen LogP contribution in [-0.4, -0.2) is 59.9 Å². The van der Waals surface area contributed by atoms with Gasteiger partial charge in [-0.25, -0.2) is 0 Å². The molecular formula is C30H34N2O5. The Labute approximate surface area is 218 Å². The van der Waals surface area contributed by atoms with Crippen LogP contribution in [0.2, 0.25) is 0 Å². The van der Waals surface area contributed by atoms with Crippen LogP contribution in [0, 0.1) is 23.7 Å². The van der Waals surface area contributed by atoms with Crippen LogP contribution in [0.1, 0.15) is 42.9 Å². The first kappa shape index (κ1) is 26.5. The highest BCUT2D eigenvalue weighted by Gasteiger charge is 2.31. The van der Waals surface area contributed by atoms with Crippen molar-refractivity contribution >= 4 is 16.9 Å². The number of ether oxygens (including phenoxy) is 2. The van der Waals surface area contributed by atoms with Crippen molar-refractivity contribution in [1.29, 1.82) is 0 Å². The van der Waals surface area contributed by atoms with E-state index in [0.717, 1.165) is 52.9 Å². The predicted octanol–water partition coefficient (Wildman–Crippen LogP) is 4.53. The van der Waals surface area contributed by atoms with Crippen molar-refractivity contribution in [3.63, 3.8) is 0 Å². The van der Waals surface area contributed by atoms with Gasteiger partial charge in [0.1, 0.15) is 11.5 Å². The number of likely N-dealkylation sites (tertiary alicyclic amines) is 1. The van der Waals surface area contributed by atoms with Crippen molar-refractivity contribution in [1.82, 2.24) is 9.88 Å². The summed E-state index contributed by atoms with van der Waals surface area (Å²) in [5.41, 5.74) is 2.48. The number of carboxylic acid groups (broad SMARTS) is 1.